The van der Waals surface area contributed by atoms with Crippen LogP contribution in [0.15, 0.2) is 0 Å². The summed E-state index contributed by atoms with van der Waals surface area (Å²) in [6.07, 6.45) is 6.36. The minimum Gasteiger partial charge on any atom is -0.379 e. The lowest BCUT2D eigenvalue weighted by Crippen LogP contribution is -2.50. The third-order valence-corrected chi connectivity index (χ3v) is 5.53. The van der Waals surface area contributed by atoms with Crippen LogP contribution in [0.3, 0.4) is 0 Å². The monoisotopic (exact) mass is 320 g/mol. The standard InChI is InChI=1S/C16H28N6O/c1-13(16-17-18-19-22(16)14-5-6-14)21-7-3-2-4-15(21)12-20-8-10-23-11-9-20/h13-15H,2-12H2,1H3/t13-,15+/m1/s1. The Morgan fingerprint density at radius 1 is 1.13 bits per heavy atom. The Balaban J connectivity index is 1.46. The number of hydrogen-bond acceptors (Lipinski definition) is 6. The van der Waals surface area contributed by atoms with Crippen molar-refractivity contribution in [3.05, 3.63) is 5.82 Å². The molecule has 128 valence electrons. The van der Waals surface area contributed by atoms with Crippen LogP contribution in [0.5, 0.6) is 0 Å². The molecule has 2 aliphatic heterocycles. The summed E-state index contributed by atoms with van der Waals surface area (Å²) in [6, 6.07) is 1.46. The number of hydrogen-bond donors (Lipinski definition) is 0. The first-order chi connectivity index (χ1) is 11.3. The maximum absolute atomic E-state index is 5.49. The quantitative estimate of drug-likeness (QED) is 0.814. The van der Waals surface area contributed by atoms with Gasteiger partial charge < -0.3 is 4.74 Å². The number of rotatable bonds is 5. The predicted octanol–water partition coefficient (Wildman–Crippen LogP) is 1.26. The molecule has 1 aliphatic carbocycles. The van der Waals surface area contributed by atoms with E-state index in [1.54, 1.807) is 0 Å². The van der Waals surface area contributed by atoms with Crippen LogP contribution in [0.25, 0.3) is 0 Å². The fourth-order valence-corrected chi connectivity index (χ4v) is 4.01. The molecular weight excluding hydrogens is 292 g/mol. The van der Waals surface area contributed by atoms with E-state index in [9.17, 15) is 0 Å². The van der Waals surface area contributed by atoms with Gasteiger partial charge in [-0.2, -0.15) is 0 Å². The minimum atomic E-state index is 0.303. The zero-order chi connectivity index (χ0) is 15.6. The van der Waals surface area contributed by atoms with Gasteiger partial charge in [-0.25, -0.2) is 4.68 Å². The number of aromatic nitrogens is 4. The number of morpholine rings is 1. The average Bonchev–Trinajstić information content (AvgIpc) is 3.32. The summed E-state index contributed by atoms with van der Waals surface area (Å²) in [5, 5.41) is 12.5. The molecule has 0 spiro atoms. The lowest BCUT2D eigenvalue weighted by molar-refractivity contribution is 0.00785. The highest BCUT2D eigenvalue weighted by molar-refractivity contribution is 4.99. The van der Waals surface area contributed by atoms with E-state index in [2.05, 4.69) is 36.9 Å². The summed E-state index contributed by atoms with van der Waals surface area (Å²) in [5.41, 5.74) is 0. The molecule has 3 fully saturated rings. The van der Waals surface area contributed by atoms with Crippen LogP contribution in [-0.4, -0.2) is 75.4 Å². The lowest BCUT2D eigenvalue weighted by atomic mass is 9.99. The van der Waals surface area contributed by atoms with E-state index in [0.717, 1.165) is 45.2 Å². The summed E-state index contributed by atoms with van der Waals surface area (Å²) >= 11 is 0. The van der Waals surface area contributed by atoms with Crippen molar-refractivity contribution in [1.82, 2.24) is 30.0 Å². The third-order valence-electron chi connectivity index (χ3n) is 5.53. The molecule has 3 heterocycles. The molecule has 23 heavy (non-hydrogen) atoms. The Hall–Kier alpha value is -1.05. The zero-order valence-corrected chi connectivity index (χ0v) is 14.1. The Kier molecular flexibility index (Phi) is 4.59. The molecule has 1 saturated carbocycles. The van der Waals surface area contributed by atoms with Gasteiger partial charge >= 0.3 is 0 Å². The summed E-state index contributed by atoms with van der Waals surface area (Å²) in [5.74, 6) is 1.06. The second-order valence-electron chi connectivity index (χ2n) is 7.19. The van der Waals surface area contributed by atoms with Gasteiger partial charge in [-0.1, -0.05) is 6.42 Å². The second kappa shape index (κ2) is 6.83. The van der Waals surface area contributed by atoms with Gasteiger partial charge in [-0.3, -0.25) is 9.80 Å². The molecule has 0 aromatic carbocycles. The molecule has 0 amide bonds. The van der Waals surface area contributed by atoms with Crippen LogP contribution in [0.4, 0.5) is 0 Å². The maximum Gasteiger partial charge on any atom is 0.168 e. The Morgan fingerprint density at radius 3 is 2.74 bits per heavy atom. The van der Waals surface area contributed by atoms with Crippen molar-refractivity contribution in [2.75, 3.05) is 39.4 Å². The van der Waals surface area contributed by atoms with Crippen molar-refractivity contribution < 1.29 is 4.74 Å². The highest BCUT2D eigenvalue weighted by Crippen LogP contribution is 2.37. The Bertz CT molecular complexity index is 510. The summed E-state index contributed by atoms with van der Waals surface area (Å²) in [4.78, 5) is 5.20. The van der Waals surface area contributed by atoms with Crippen molar-refractivity contribution in [3.8, 4) is 0 Å². The molecule has 4 rings (SSSR count). The largest absolute Gasteiger partial charge is 0.379 e. The number of nitrogens with zero attached hydrogens (tertiary/aromatic N) is 6. The number of likely N-dealkylation sites (tertiary alicyclic amines) is 1. The first-order valence-electron chi connectivity index (χ1n) is 9.16. The van der Waals surface area contributed by atoms with E-state index in [4.69, 9.17) is 4.74 Å². The van der Waals surface area contributed by atoms with Gasteiger partial charge in [0.1, 0.15) is 0 Å². The first-order valence-corrected chi connectivity index (χ1v) is 9.16. The second-order valence-corrected chi connectivity index (χ2v) is 7.19. The number of ether oxygens (including phenoxy) is 1. The molecule has 2 atom stereocenters. The number of piperidine rings is 1. The van der Waals surface area contributed by atoms with Crippen LogP contribution in [-0.2, 0) is 4.74 Å². The molecular formula is C16H28N6O. The fraction of sp³-hybridized carbons (Fsp3) is 0.938. The third kappa shape index (κ3) is 3.41. The van der Waals surface area contributed by atoms with Crippen molar-refractivity contribution >= 4 is 0 Å². The first kappa shape index (κ1) is 15.5. The number of tetrazole rings is 1. The van der Waals surface area contributed by atoms with Gasteiger partial charge in [0.15, 0.2) is 5.82 Å². The van der Waals surface area contributed by atoms with Gasteiger partial charge in [0.05, 0.1) is 25.3 Å². The van der Waals surface area contributed by atoms with Crippen LogP contribution in [0.1, 0.15) is 56.9 Å². The van der Waals surface area contributed by atoms with E-state index in [1.807, 2.05) is 0 Å². The summed E-state index contributed by atoms with van der Waals surface area (Å²) in [6.45, 7) is 8.48. The van der Waals surface area contributed by atoms with Gasteiger partial charge in [0, 0.05) is 25.7 Å². The fourth-order valence-electron chi connectivity index (χ4n) is 4.01. The topological polar surface area (TPSA) is 59.3 Å². The van der Waals surface area contributed by atoms with Crippen molar-refractivity contribution in [3.63, 3.8) is 0 Å². The SMILES string of the molecule is C[C@H](c1nnnn1C1CC1)N1CCCC[C@H]1CN1CCOCC1. The van der Waals surface area contributed by atoms with Gasteiger partial charge in [-0.05, 0) is 49.6 Å². The van der Waals surface area contributed by atoms with Crippen molar-refractivity contribution in [2.45, 2.75) is 57.2 Å². The van der Waals surface area contributed by atoms with Crippen LogP contribution < -0.4 is 0 Å². The summed E-state index contributed by atoms with van der Waals surface area (Å²) < 4.78 is 7.56. The van der Waals surface area contributed by atoms with E-state index in [0.29, 0.717) is 18.1 Å². The minimum absolute atomic E-state index is 0.303. The van der Waals surface area contributed by atoms with E-state index in [-0.39, 0.29) is 0 Å². The van der Waals surface area contributed by atoms with Gasteiger partial charge in [0.25, 0.3) is 0 Å². The molecule has 0 radical (unpaired) electrons. The van der Waals surface area contributed by atoms with Gasteiger partial charge in [0.2, 0.25) is 0 Å². The highest BCUT2D eigenvalue weighted by Gasteiger charge is 2.35. The Morgan fingerprint density at radius 2 is 1.96 bits per heavy atom. The van der Waals surface area contributed by atoms with Gasteiger partial charge in [-0.15, -0.1) is 5.10 Å². The molecule has 7 nitrogen and oxygen atoms in total. The van der Waals surface area contributed by atoms with Crippen LogP contribution in [0, 0.1) is 0 Å². The predicted molar refractivity (Wildman–Crippen MR) is 86.1 cm³/mol. The van der Waals surface area contributed by atoms with E-state index < -0.39 is 0 Å². The molecule has 1 aromatic rings. The normalized spacial score (nSPS) is 28.8. The molecule has 2 saturated heterocycles. The lowest BCUT2D eigenvalue weighted by Gasteiger charge is -2.42. The Labute approximate surface area is 138 Å². The molecule has 7 heteroatoms. The zero-order valence-electron chi connectivity index (χ0n) is 14.1. The molecule has 1 aromatic heterocycles. The van der Waals surface area contributed by atoms with E-state index in [1.165, 1.54) is 32.1 Å². The summed E-state index contributed by atoms with van der Waals surface area (Å²) in [7, 11) is 0. The molecule has 0 unspecified atom stereocenters. The smallest absolute Gasteiger partial charge is 0.168 e. The van der Waals surface area contributed by atoms with Crippen molar-refractivity contribution in [1.29, 1.82) is 0 Å². The molecule has 3 aliphatic rings. The molecule has 0 bridgehead atoms. The molecule has 0 N–H and O–H groups in total. The highest BCUT2D eigenvalue weighted by atomic mass is 16.5. The van der Waals surface area contributed by atoms with Crippen molar-refractivity contribution in [2.24, 2.45) is 0 Å². The maximum atomic E-state index is 5.49. The average molecular weight is 320 g/mol. The van der Waals surface area contributed by atoms with E-state index >= 15 is 0 Å². The van der Waals surface area contributed by atoms with Crippen LogP contribution >= 0.6 is 0 Å². The van der Waals surface area contributed by atoms with Crippen LogP contribution in [0.2, 0.25) is 0 Å².